The van der Waals surface area contributed by atoms with Gasteiger partial charge in [0.2, 0.25) is 0 Å². The first-order valence-electron chi connectivity index (χ1n) is 4.30. The summed E-state index contributed by atoms with van der Waals surface area (Å²) in [5.41, 5.74) is 5.36. The van der Waals surface area contributed by atoms with Crippen LogP contribution in [-0.2, 0) is 9.47 Å². The van der Waals surface area contributed by atoms with Gasteiger partial charge in [0.05, 0.1) is 12.1 Å². The van der Waals surface area contributed by atoms with Crippen molar-refractivity contribution in [3.63, 3.8) is 0 Å². The smallest absolute Gasteiger partial charge is 0.282 e. The fourth-order valence-electron chi connectivity index (χ4n) is 1.29. The van der Waals surface area contributed by atoms with Crippen molar-refractivity contribution in [2.45, 2.75) is 32.4 Å². The van der Waals surface area contributed by atoms with E-state index in [9.17, 15) is 0 Å². The van der Waals surface area contributed by atoms with Gasteiger partial charge in [-0.3, -0.25) is 0 Å². The summed E-state index contributed by atoms with van der Waals surface area (Å²) in [5.74, 6) is 0. The quantitative estimate of drug-likeness (QED) is 0.672. The highest BCUT2D eigenvalue weighted by atomic mass is 16.5. The third-order valence-electron chi connectivity index (χ3n) is 1.79. The van der Waals surface area contributed by atoms with E-state index < -0.39 is 0 Å². The molecule has 0 aliphatic carbocycles. The number of amidine groups is 1. The first kappa shape index (κ1) is 9.32. The molecule has 4 heteroatoms. The second-order valence-corrected chi connectivity index (χ2v) is 2.93. The number of hydrogen-bond donors (Lipinski definition) is 1. The van der Waals surface area contributed by atoms with Crippen molar-refractivity contribution in [2.75, 3.05) is 13.2 Å². The van der Waals surface area contributed by atoms with Crippen LogP contribution < -0.4 is 5.73 Å². The molecule has 0 aromatic rings. The lowest BCUT2D eigenvalue weighted by Gasteiger charge is -2.12. The van der Waals surface area contributed by atoms with Gasteiger partial charge in [-0.25, -0.2) is 4.99 Å². The van der Waals surface area contributed by atoms with Crippen molar-refractivity contribution >= 4 is 6.02 Å². The number of nitrogens with zero attached hydrogens (tertiary/aromatic N) is 1. The Bertz CT molecular complexity index is 170. The Labute approximate surface area is 72.8 Å². The average Bonchev–Trinajstić information content (AvgIpc) is 2.36. The fraction of sp³-hybridized carbons (Fsp3) is 0.875. The first-order chi connectivity index (χ1) is 5.72. The first-order valence-corrected chi connectivity index (χ1v) is 4.30. The molecule has 0 bridgehead atoms. The van der Waals surface area contributed by atoms with Crippen LogP contribution in [0, 0.1) is 0 Å². The molecule has 0 amide bonds. The van der Waals surface area contributed by atoms with Crippen molar-refractivity contribution in [2.24, 2.45) is 10.7 Å². The average molecular weight is 172 g/mol. The molecule has 0 saturated carbocycles. The maximum Gasteiger partial charge on any atom is 0.282 e. The highest BCUT2D eigenvalue weighted by molar-refractivity contribution is 5.72. The van der Waals surface area contributed by atoms with Crippen LogP contribution in [0.2, 0.25) is 0 Å². The van der Waals surface area contributed by atoms with Crippen LogP contribution in [0.5, 0.6) is 0 Å². The molecule has 0 spiro atoms. The summed E-state index contributed by atoms with van der Waals surface area (Å²) in [6.45, 7) is 5.37. The van der Waals surface area contributed by atoms with Gasteiger partial charge in [-0.15, -0.1) is 0 Å². The highest BCUT2D eigenvalue weighted by Crippen LogP contribution is 2.10. The van der Waals surface area contributed by atoms with Crippen molar-refractivity contribution < 1.29 is 9.47 Å². The van der Waals surface area contributed by atoms with Gasteiger partial charge >= 0.3 is 0 Å². The topological polar surface area (TPSA) is 56.8 Å². The van der Waals surface area contributed by atoms with Gasteiger partial charge in [0.15, 0.2) is 0 Å². The largest absolute Gasteiger partial charge is 0.463 e. The molecule has 0 aromatic carbocycles. The van der Waals surface area contributed by atoms with E-state index in [1.54, 1.807) is 0 Å². The van der Waals surface area contributed by atoms with E-state index in [2.05, 4.69) is 4.99 Å². The number of rotatable bonds is 4. The molecule has 4 nitrogen and oxygen atoms in total. The Morgan fingerprint density at radius 1 is 1.83 bits per heavy atom. The number of ether oxygens (including phenoxy) is 2. The van der Waals surface area contributed by atoms with Gasteiger partial charge in [0.25, 0.3) is 6.02 Å². The summed E-state index contributed by atoms with van der Waals surface area (Å²) in [6.07, 6.45) is 1.12. The van der Waals surface area contributed by atoms with Crippen LogP contribution in [0.25, 0.3) is 0 Å². The normalized spacial score (nSPS) is 24.8. The predicted octanol–water partition coefficient (Wildman–Crippen LogP) is 0.515. The molecule has 0 aromatic heterocycles. The summed E-state index contributed by atoms with van der Waals surface area (Å²) in [6, 6.07) is 0.496. The fourth-order valence-corrected chi connectivity index (χ4v) is 1.29. The van der Waals surface area contributed by atoms with Crippen molar-refractivity contribution in [1.82, 2.24) is 0 Å². The van der Waals surface area contributed by atoms with E-state index in [-0.39, 0.29) is 12.1 Å². The van der Waals surface area contributed by atoms with Crippen molar-refractivity contribution in [3.8, 4) is 0 Å². The van der Waals surface area contributed by atoms with Gasteiger partial charge in [0.1, 0.15) is 6.61 Å². The van der Waals surface area contributed by atoms with Gasteiger partial charge in [-0.1, -0.05) is 0 Å². The van der Waals surface area contributed by atoms with Crippen molar-refractivity contribution in [1.29, 1.82) is 0 Å². The third-order valence-corrected chi connectivity index (χ3v) is 1.79. The number of hydrogen-bond acceptors (Lipinski definition) is 4. The second kappa shape index (κ2) is 4.30. The lowest BCUT2D eigenvalue weighted by atomic mass is 10.1. The molecule has 0 saturated heterocycles. The van der Waals surface area contributed by atoms with Gasteiger partial charge in [-0.05, 0) is 20.3 Å². The molecule has 0 unspecified atom stereocenters. The summed E-state index contributed by atoms with van der Waals surface area (Å²) in [4.78, 5) is 4.10. The molecule has 0 radical (unpaired) electrons. The Morgan fingerprint density at radius 3 is 3.08 bits per heavy atom. The van der Waals surface area contributed by atoms with Crippen LogP contribution in [0.1, 0.15) is 20.3 Å². The Balaban J connectivity index is 2.23. The lowest BCUT2D eigenvalue weighted by Crippen LogP contribution is -2.17. The van der Waals surface area contributed by atoms with Crippen molar-refractivity contribution in [3.05, 3.63) is 0 Å². The number of aliphatic imine (C=N–C) groups is 1. The maximum atomic E-state index is 5.37. The standard InChI is InChI=1S/C8H16N2O2/c1-3-11-6(2)4-7-5-12-8(9)10-7/h6-7H,3-5H2,1-2H3,(H2,9,10)/t6-,7-/m0/s1. The molecular weight excluding hydrogens is 156 g/mol. The molecule has 1 aliphatic rings. The van der Waals surface area contributed by atoms with Gasteiger partial charge in [0, 0.05) is 6.61 Å². The zero-order valence-corrected chi connectivity index (χ0v) is 7.62. The number of nitrogens with two attached hydrogens (primary N) is 1. The Morgan fingerprint density at radius 2 is 2.58 bits per heavy atom. The van der Waals surface area contributed by atoms with E-state index in [4.69, 9.17) is 15.2 Å². The molecule has 1 heterocycles. The zero-order chi connectivity index (χ0) is 8.97. The van der Waals surface area contributed by atoms with E-state index in [0.717, 1.165) is 13.0 Å². The highest BCUT2D eigenvalue weighted by Gasteiger charge is 2.19. The van der Waals surface area contributed by atoms with E-state index in [0.29, 0.717) is 12.6 Å². The van der Waals surface area contributed by atoms with Gasteiger partial charge in [-0.2, -0.15) is 0 Å². The third kappa shape index (κ3) is 2.70. The molecule has 2 atom stereocenters. The SMILES string of the molecule is CCO[C@@H](C)C[C@H]1COC(N)=N1. The Hall–Kier alpha value is -0.770. The minimum atomic E-state index is 0.187. The monoisotopic (exact) mass is 172 g/mol. The maximum absolute atomic E-state index is 5.37. The Kier molecular flexibility index (Phi) is 3.34. The van der Waals surface area contributed by atoms with E-state index in [1.807, 2.05) is 13.8 Å². The molecule has 12 heavy (non-hydrogen) atoms. The minimum absolute atomic E-state index is 0.187. The summed E-state index contributed by atoms with van der Waals surface area (Å²) in [7, 11) is 0. The lowest BCUT2D eigenvalue weighted by molar-refractivity contribution is 0.0634. The van der Waals surface area contributed by atoms with Crippen LogP contribution >= 0.6 is 0 Å². The molecule has 2 N–H and O–H groups in total. The van der Waals surface area contributed by atoms with Crippen LogP contribution in [0.15, 0.2) is 4.99 Å². The van der Waals surface area contributed by atoms with Crippen LogP contribution in [0.3, 0.4) is 0 Å². The molecule has 70 valence electrons. The van der Waals surface area contributed by atoms with E-state index in [1.165, 1.54) is 0 Å². The molecular formula is C8H16N2O2. The molecule has 0 fully saturated rings. The van der Waals surface area contributed by atoms with Crippen LogP contribution in [0.4, 0.5) is 0 Å². The summed E-state index contributed by atoms with van der Waals surface area (Å²) >= 11 is 0. The molecule has 1 rings (SSSR count). The zero-order valence-electron chi connectivity index (χ0n) is 7.62. The van der Waals surface area contributed by atoms with Crippen LogP contribution in [-0.4, -0.2) is 31.4 Å². The molecule has 1 aliphatic heterocycles. The second-order valence-electron chi connectivity index (χ2n) is 2.93. The summed E-state index contributed by atoms with van der Waals surface area (Å²) in [5, 5.41) is 0. The minimum Gasteiger partial charge on any atom is -0.463 e. The summed E-state index contributed by atoms with van der Waals surface area (Å²) < 4.78 is 10.4. The predicted molar refractivity (Wildman–Crippen MR) is 47.1 cm³/mol. The van der Waals surface area contributed by atoms with Gasteiger partial charge < -0.3 is 15.2 Å². The van der Waals surface area contributed by atoms with E-state index >= 15 is 0 Å².